The second-order valence-corrected chi connectivity index (χ2v) is 13.9. The van der Waals surface area contributed by atoms with Crippen molar-refractivity contribution in [1.82, 2.24) is 19.4 Å². The number of aliphatic hydroxyl groups is 1. The van der Waals surface area contributed by atoms with Gasteiger partial charge in [0.05, 0.1) is 30.7 Å². The van der Waals surface area contributed by atoms with Gasteiger partial charge in [0.25, 0.3) is 5.91 Å². The third-order valence-electron chi connectivity index (χ3n) is 9.71. The van der Waals surface area contributed by atoms with E-state index in [1.54, 1.807) is 11.2 Å². The lowest BCUT2D eigenvalue weighted by Gasteiger charge is -2.42. The van der Waals surface area contributed by atoms with E-state index in [0.29, 0.717) is 36.8 Å². The fourth-order valence-corrected chi connectivity index (χ4v) is 8.42. The predicted octanol–water partition coefficient (Wildman–Crippen LogP) is 5.60. The van der Waals surface area contributed by atoms with E-state index in [1.165, 1.54) is 16.4 Å². The van der Waals surface area contributed by atoms with Crippen LogP contribution in [0.4, 0.5) is 4.79 Å². The van der Waals surface area contributed by atoms with Gasteiger partial charge in [-0.2, -0.15) is 11.8 Å². The highest BCUT2D eigenvalue weighted by atomic mass is 32.2. The number of aromatic nitrogens is 2. The van der Waals surface area contributed by atoms with Crippen molar-refractivity contribution in [3.8, 4) is 11.3 Å². The molecule has 0 radical (unpaired) electrons. The van der Waals surface area contributed by atoms with Crippen molar-refractivity contribution in [3.05, 3.63) is 78.2 Å². The summed E-state index contributed by atoms with van der Waals surface area (Å²) in [4.78, 5) is 34.3. The lowest BCUT2D eigenvalue weighted by molar-refractivity contribution is -0.104. The Labute approximate surface area is 269 Å². The van der Waals surface area contributed by atoms with Crippen LogP contribution in [0.5, 0.6) is 0 Å². The molecule has 1 saturated carbocycles. The van der Waals surface area contributed by atoms with Crippen molar-refractivity contribution >= 4 is 23.8 Å². The molecule has 0 bridgehead atoms. The molecule has 45 heavy (non-hydrogen) atoms. The molecule has 9 nitrogen and oxygen atoms in total. The zero-order valence-electron chi connectivity index (χ0n) is 25.8. The number of hydrogen-bond donors (Lipinski definition) is 2. The number of carboxylic acid groups (broad SMARTS) is 1. The molecular formula is C35H44N4O5S. The van der Waals surface area contributed by atoms with Crippen molar-refractivity contribution in [1.29, 1.82) is 0 Å². The van der Waals surface area contributed by atoms with Gasteiger partial charge in [-0.05, 0) is 55.1 Å². The highest BCUT2D eigenvalue weighted by Crippen LogP contribution is 2.41. The predicted molar refractivity (Wildman–Crippen MR) is 176 cm³/mol. The molecule has 1 aromatic heterocycles. The Balaban J connectivity index is 1.30. The van der Waals surface area contributed by atoms with Crippen molar-refractivity contribution in [2.24, 2.45) is 5.92 Å². The average Bonchev–Trinajstić information content (AvgIpc) is 3.51. The molecule has 10 heteroatoms. The molecular weight excluding hydrogens is 588 g/mol. The third-order valence-corrected chi connectivity index (χ3v) is 10.8. The summed E-state index contributed by atoms with van der Waals surface area (Å²) in [7, 11) is 0. The maximum Gasteiger partial charge on any atom is 0.407 e. The second kappa shape index (κ2) is 14.4. The van der Waals surface area contributed by atoms with Crippen LogP contribution in [-0.4, -0.2) is 97.6 Å². The number of carbonyl (C=O) groups excluding carboxylic acids is 1. The van der Waals surface area contributed by atoms with Crippen LogP contribution < -0.4 is 0 Å². The lowest BCUT2D eigenvalue weighted by Crippen LogP contribution is -2.57. The largest absolute Gasteiger partial charge is 0.465 e. The van der Waals surface area contributed by atoms with E-state index in [-0.39, 0.29) is 44.2 Å². The zero-order chi connectivity index (χ0) is 31.2. The highest BCUT2D eigenvalue weighted by molar-refractivity contribution is 7.99. The number of amides is 2. The molecule has 2 aromatic carbocycles. The molecule has 3 heterocycles. The van der Waals surface area contributed by atoms with Crippen molar-refractivity contribution in [2.75, 3.05) is 44.4 Å². The number of nitrogens with zero attached hydrogens (tertiary/aromatic N) is 4. The van der Waals surface area contributed by atoms with Gasteiger partial charge in [0, 0.05) is 31.8 Å². The Morgan fingerprint density at radius 3 is 2.44 bits per heavy atom. The summed E-state index contributed by atoms with van der Waals surface area (Å²) in [6.45, 7) is 1.68. The number of rotatable bonds is 9. The van der Waals surface area contributed by atoms with Crippen molar-refractivity contribution in [2.45, 2.75) is 62.6 Å². The molecule has 3 aromatic rings. The van der Waals surface area contributed by atoms with Crippen molar-refractivity contribution in [3.63, 3.8) is 0 Å². The molecule has 0 spiro atoms. The van der Waals surface area contributed by atoms with E-state index in [2.05, 4.69) is 0 Å². The summed E-state index contributed by atoms with van der Waals surface area (Å²) in [6, 6.07) is 19.0. The number of imidazole rings is 1. The Hall–Kier alpha value is -3.34. The number of carbonyl (C=O) groups is 2. The Bertz CT molecular complexity index is 1430. The average molecular weight is 633 g/mol. The third kappa shape index (κ3) is 7.23. The Morgan fingerprint density at radius 1 is 0.978 bits per heavy atom. The first-order valence-corrected chi connectivity index (χ1v) is 17.4. The van der Waals surface area contributed by atoms with Crippen LogP contribution in [-0.2, 0) is 11.2 Å². The first-order valence-electron chi connectivity index (χ1n) is 16.3. The van der Waals surface area contributed by atoms with E-state index >= 15 is 0 Å². The highest BCUT2D eigenvalue weighted by Gasteiger charge is 2.43. The standard InChI is InChI=1S/C35H44N4O5S/c40-33(38-18-17-37(34(41)42)22-29(38)21-26-9-3-1-4-10-26)31-32(28-11-5-2-6-12-28)39(25-36-31)30-13-7-8-16-35(30,43)24-44-23-27-14-19-45-20-15-27/h1-6,9-12,25,27,29-30,43H,7-8,13-24H2,(H,41,42)/t29-,30?,35?/m1/s1. The number of hydrogen-bond acceptors (Lipinski definition) is 6. The summed E-state index contributed by atoms with van der Waals surface area (Å²) in [5.74, 6) is 2.67. The molecule has 240 valence electrons. The van der Waals surface area contributed by atoms with Gasteiger partial charge in [-0.15, -0.1) is 0 Å². The quantitative estimate of drug-likeness (QED) is 0.316. The van der Waals surface area contributed by atoms with Crippen LogP contribution in [0.15, 0.2) is 67.0 Å². The van der Waals surface area contributed by atoms with Gasteiger partial charge in [0.2, 0.25) is 0 Å². The number of ether oxygens (including phenoxy) is 1. The smallest absolute Gasteiger partial charge is 0.407 e. The minimum absolute atomic E-state index is 0.218. The summed E-state index contributed by atoms with van der Waals surface area (Å²) in [6.07, 6.45) is 6.88. The van der Waals surface area contributed by atoms with Gasteiger partial charge < -0.3 is 29.3 Å². The molecule has 2 unspecified atom stereocenters. The van der Waals surface area contributed by atoms with E-state index in [0.717, 1.165) is 43.2 Å². The van der Waals surface area contributed by atoms with Gasteiger partial charge in [0.1, 0.15) is 5.60 Å². The van der Waals surface area contributed by atoms with E-state index < -0.39 is 11.7 Å². The van der Waals surface area contributed by atoms with Gasteiger partial charge in [-0.25, -0.2) is 9.78 Å². The normalized spacial score (nSPS) is 24.5. The minimum Gasteiger partial charge on any atom is -0.465 e. The topological polar surface area (TPSA) is 108 Å². The number of piperazine rings is 1. The molecule has 2 aliphatic heterocycles. The number of benzene rings is 2. The Morgan fingerprint density at radius 2 is 1.71 bits per heavy atom. The number of thioether (sulfide) groups is 1. The molecule has 2 saturated heterocycles. The van der Waals surface area contributed by atoms with Crippen LogP contribution in [0.25, 0.3) is 11.3 Å². The van der Waals surface area contributed by atoms with E-state index in [9.17, 15) is 19.8 Å². The van der Waals surface area contributed by atoms with Gasteiger partial charge in [-0.1, -0.05) is 73.5 Å². The fourth-order valence-electron chi connectivity index (χ4n) is 7.21. The fraction of sp³-hybridized carbons (Fsp3) is 0.514. The van der Waals surface area contributed by atoms with Gasteiger partial charge in [-0.3, -0.25) is 4.79 Å². The Kier molecular flexibility index (Phi) is 10.1. The van der Waals surface area contributed by atoms with Gasteiger partial charge in [0.15, 0.2) is 5.69 Å². The second-order valence-electron chi connectivity index (χ2n) is 12.7. The van der Waals surface area contributed by atoms with Crippen molar-refractivity contribution < 1.29 is 24.5 Å². The summed E-state index contributed by atoms with van der Waals surface area (Å²) < 4.78 is 8.26. The molecule has 3 fully saturated rings. The van der Waals surface area contributed by atoms with Crippen LogP contribution in [0.2, 0.25) is 0 Å². The monoisotopic (exact) mass is 632 g/mol. The van der Waals surface area contributed by atoms with Crippen LogP contribution >= 0.6 is 11.8 Å². The van der Waals surface area contributed by atoms with Gasteiger partial charge >= 0.3 is 6.09 Å². The molecule has 6 rings (SSSR count). The first kappa shape index (κ1) is 31.6. The van der Waals surface area contributed by atoms with E-state index in [1.807, 2.05) is 77.0 Å². The van der Waals surface area contributed by atoms with Crippen LogP contribution in [0, 0.1) is 5.92 Å². The molecule has 2 amide bonds. The molecule has 1 aliphatic carbocycles. The molecule has 2 N–H and O–H groups in total. The summed E-state index contributed by atoms with van der Waals surface area (Å²) in [5.41, 5.74) is 1.84. The first-order chi connectivity index (χ1) is 21.9. The SMILES string of the molecule is O=C(O)N1CCN(C(=O)c2ncn(C3CCCCC3(O)COCC3CCSCC3)c2-c2ccccc2)[C@H](Cc2ccccc2)C1. The maximum absolute atomic E-state index is 14.5. The minimum atomic E-state index is -1.07. The summed E-state index contributed by atoms with van der Waals surface area (Å²) >= 11 is 2.00. The zero-order valence-corrected chi connectivity index (χ0v) is 26.6. The van der Waals surface area contributed by atoms with Crippen LogP contribution in [0.3, 0.4) is 0 Å². The summed E-state index contributed by atoms with van der Waals surface area (Å²) in [5, 5.41) is 21.9. The van der Waals surface area contributed by atoms with E-state index in [4.69, 9.17) is 9.72 Å². The molecule has 3 atom stereocenters. The maximum atomic E-state index is 14.5. The lowest BCUT2D eigenvalue weighted by atomic mass is 9.80. The molecule has 3 aliphatic rings. The van der Waals surface area contributed by atoms with Crippen LogP contribution in [0.1, 0.15) is 60.6 Å².